The van der Waals surface area contributed by atoms with Crippen molar-refractivity contribution < 1.29 is 19.2 Å². The highest BCUT2D eigenvalue weighted by Crippen LogP contribution is 2.33. The van der Waals surface area contributed by atoms with Gasteiger partial charge in [0.1, 0.15) is 12.0 Å². The van der Waals surface area contributed by atoms with Crippen LogP contribution in [-0.4, -0.2) is 83.9 Å². The van der Waals surface area contributed by atoms with Crippen LogP contribution in [0.4, 0.5) is 5.82 Å². The van der Waals surface area contributed by atoms with Gasteiger partial charge in [-0.1, -0.05) is 36.3 Å². The third-order valence-corrected chi connectivity index (χ3v) is 9.65. The molecule has 226 valence electrons. The Balaban J connectivity index is 1.20. The lowest BCUT2D eigenvalue weighted by atomic mass is 9.90. The van der Waals surface area contributed by atoms with Crippen molar-refractivity contribution >= 4 is 29.0 Å². The van der Waals surface area contributed by atoms with Crippen molar-refractivity contribution in [3.63, 3.8) is 0 Å². The molecule has 3 aromatic rings. The van der Waals surface area contributed by atoms with E-state index in [0.717, 1.165) is 49.2 Å². The van der Waals surface area contributed by atoms with Crippen LogP contribution in [0.3, 0.4) is 0 Å². The monoisotopic (exact) mass is 594 g/mol. The fourth-order valence-corrected chi connectivity index (χ4v) is 6.87. The average molecular weight is 595 g/mol. The Kier molecular flexibility index (Phi) is 9.91. The second-order valence-corrected chi connectivity index (χ2v) is 12.4. The molecule has 2 saturated heterocycles. The number of thiazole rings is 1. The molecule has 0 aliphatic carbocycles. The number of carbonyl (C=O) groups excluding carboxylic acids is 2. The molecule has 5 rings (SSSR count). The van der Waals surface area contributed by atoms with Crippen LogP contribution in [0.5, 0.6) is 0 Å². The lowest BCUT2D eigenvalue weighted by molar-refractivity contribution is -0.141. The summed E-state index contributed by atoms with van der Waals surface area (Å²) in [7, 11) is 2.00. The van der Waals surface area contributed by atoms with Gasteiger partial charge in [-0.15, -0.1) is 11.3 Å². The second kappa shape index (κ2) is 13.8. The molecule has 0 saturated carbocycles. The van der Waals surface area contributed by atoms with Gasteiger partial charge in [-0.3, -0.25) is 9.59 Å². The fraction of sp³-hybridized carbons (Fsp3) is 0.548. The Morgan fingerprint density at radius 2 is 2.00 bits per heavy atom. The van der Waals surface area contributed by atoms with Gasteiger partial charge in [-0.2, -0.15) is 0 Å². The first kappa shape index (κ1) is 30.2. The minimum absolute atomic E-state index is 0.142. The SMILES string of the molecule is Cc1ncsc1-c1ccc(CCNC(=O)[C@@H]2CCCN2C(=O)[C@H](c2cc(N(C)C3CCNCC3)no2)[C@H](C)CO)cc1. The van der Waals surface area contributed by atoms with Crippen LogP contribution in [0.15, 0.2) is 40.4 Å². The van der Waals surface area contributed by atoms with E-state index in [0.29, 0.717) is 43.6 Å². The number of aryl methyl sites for hydroxylation is 1. The molecule has 42 heavy (non-hydrogen) atoms. The first-order valence-corrected chi connectivity index (χ1v) is 15.8. The standard InChI is InChI=1S/C31H42N6O4S/c1-20(18-38)28(26-17-27(35-41-26)36(3)24-11-13-32-14-12-24)31(40)37-16-4-5-25(37)30(39)33-15-10-22-6-8-23(9-7-22)29-21(2)34-19-42-29/h6-9,17,19-20,24-25,28,32,38H,4-5,10-16,18H2,1-3H3,(H,33,39)/t20-,25+,28+/m1/s1. The highest BCUT2D eigenvalue weighted by molar-refractivity contribution is 7.13. The maximum atomic E-state index is 13.9. The molecule has 3 atom stereocenters. The number of hydrogen-bond donors (Lipinski definition) is 3. The summed E-state index contributed by atoms with van der Waals surface area (Å²) in [4.78, 5) is 36.4. The summed E-state index contributed by atoms with van der Waals surface area (Å²) in [6.07, 6.45) is 4.08. The zero-order valence-corrected chi connectivity index (χ0v) is 25.5. The molecule has 2 amide bonds. The molecule has 0 unspecified atom stereocenters. The summed E-state index contributed by atoms with van der Waals surface area (Å²) in [5.74, 6) is -0.325. The van der Waals surface area contributed by atoms with E-state index < -0.39 is 12.0 Å². The van der Waals surface area contributed by atoms with Crippen LogP contribution in [0.25, 0.3) is 10.4 Å². The van der Waals surface area contributed by atoms with Crippen LogP contribution < -0.4 is 15.5 Å². The number of aromatic nitrogens is 2. The highest BCUT2D eigenvalue weighted by atomic mass is 32.1. The van der Waals surface area contributed by atoms with E-state index in [2.05, 4.69) is 49.9 Å². The number of likely N-dealkylation sites (tertiary alicyclic amines) is 1. The predicted octanol–water partition coefficient (Wildman–Crippen LogP) is 3.36. The van der Waals surface area contributed by atoms with Crippen molar-refractivity contribution in [3.05, 3.63) is 52.9 Å². The molecule has 0 radical (unpaired) electrons. The molecule has 2 fully saturated rings. The first-order chi connectivity index (χ1) is 20.4. The number of piperidine rings is 1. The molecule has 2 aromatic heterocycles. The number of carbonyl (C=O) groups is 2. The molecule has 11 heteroatoms. The summed E-state index contributed by atoms with van der Waals surface area (Å²) < 4.78 is 5.72. The highest BCUT2D eigenvalue weighted by Gasteiger charge is 2.41. The van der Waals surface area contributed by atoms with E-state index in [1.165, 1.54) is 4.88 Å². The van der Waals surface area contributed by atoms with E-state index in [-0.39, 0.29) is 24.3 Å². The van der Waals surface area contributed by atoms with E-state index in [1.807, 2.05) is 32.5 Å². The van der Waals surface area contributed by atoms with E-state index in [1.54, 1.807) is 16.2 Å². The van der Waals surface area contributed by atoms with Crippen LogP contribution in [-0.2, 0) is 16.0 Å². The van der Waals surface area contributed by atoms with Gasteiger partial charge in [0.05, 0.1) is 16.1 Å². The molecular formula is C31H42N6O4S. The number of nitrogens with zero attached hydrogens (tertiary/aromatic N) is 4. The zero-order chi connectivity index (χ0) is 29.6. The van der Waals surface area contributed by atoms with Crippen LogP contribution in [0.1, 0.15) is 55.5 Å². The quantitative estimate of drug-likeness (QED) is 0.309. The molecule has 4 heterocycles. The number of anilines is 1. The Bertz CT molecular complexity index is 1340. The summed E-state index contributed by atoms with van der Waals surface area (Å²) in [6.45, 7) is 6.56. The number of aliphatic hydroxyl groups excluding tert-OH is 1. The fourth-order valence-electron chi connectivity index (χ4n) is 6.06. The van der Waals surface area contributed by atoms with Crippen LogP contribution in [0.2, 0.25) is 0 Å². The van der Waals surface area contributed by atoms with Crippen molar-refractivity contribution in [1.82, 2.24) is 25.7 Å². The Morgan fingerprint density at radius 3 is 2.69 bits per heavy atom. The van der Waals surface area contributed by atoms with Crippen molar-refractivity contribution in [2.24, 2.45) is 5.92 Å². The van der Waals surface area contributed by atoms with Gasteiger partial charge in [0, 0.05) is 38.9 Å². The lowest BCUT2D eigenvalue weighted by Gasteiger charge is -2.31. The number of nitrogens with one attached hydrogen (secondary N) is 2. The second-order valence-electron chi connectivity index (χ2n) is 11.5. The summed E-state index contributed by atoms with van der Waals surface area (Å²) in [6, 6.07) is 9.99. The number of aliphatic hydroxyl groups is 1. The van der Waals surface area contributed by atoms with Gasteiger partial charge in [0.25, 0.3) is 0 Å². The van der Waals surface area contributed by atoms with Crippen molar-refractivity contribution in [1.29, 1.82) is 0 Å². The van der Waals surface area contributed by atoms with E-state index in [4.69, 9.17) is 4.52 Å². The van der Waals surface area contributed by atoms with E-state index >= 15 is 0 Å². The molecule has 1 aromatic carbocycles. The summed E-state index contributed by atoms with van der Waals surface area (Å²) >= 11 is 1.63. The van der Waals surface area contributed by atoms with Crippen molar-refractivity contribution in [3.8, 4) is 10.4 Å². The van der Waals surface area contributed by atoms with Crippen molar-refractivity contribution in [2.75, 3.05) is 44.7 Å². The smallest absolute Gasteiger partial charge is 0.242 e. The first-order valence-electron chi connectivity index (χ1n) is 15.0. The number of hydrogen-bond acceptors (Lipinski definition) is 9. The maximum Gasteiger partial charge on any atom is 0.242 e. The van der Waals surface area contributed by atoms with Gasteiger partial charge < -0.3 is 30.1 Å². The number of rotatable bonds is 11. The minimum atomic E-state index is -0.716. The molecular weight excluding hydrogens is 552 g/mol. The number of amides is 2. The third kappa shape index (κ3) is 6.68. The van der Waals surface area contributed by atoms with Gasteiger partial charge in [0.2, 0.25) is 11.8 Å². The van der Waals surface area contributed by atoms with Crippen LogP contribution >= 0.6 is 11.3 Å². The lowest BCUT2D eigenvalue weighted by Crippen LogP contribution is -2.48. The minimum Gasteiger partial charge on any atom is -0.396 e. The predicted molar refractivity (Wildman–Crippen MR) is 164 cm³/mol. The molecule has 0 spiro atoms. The molecule has 2 aliphatic rings. The Labute approximate surface area is 251 Å². The average Bonchev–Trinajstić information content (AvgIpc) is 3.79. The molecule has 0 bridgehead atoms. The van der Waals surface area contributed by atoms with Crippen molar-refractivity contribution in [2.45, 2.75) is 64.0 Å². The van der Waals surface area contributed by atoms with Gasteiger partial charge >= 0.3 is 0 Å². The summed E-state index contributed by atoms with van der Waals surface area (Å²) in [5.41, 5.74) is 5.16. The Hall–Kier alpha value is -3.28. The Morgan fingerprint density at radius 1 is 1.24 bits per heavy atom. The largest absolute Gasteiger partial charge is 0.396 e. The maximum absolute atomic E-state index is 13.9. The summed E-state index contributed by atoms with van der Waals surface area (Å²) in [5, 5.41) is 20.7. The third-order valence-electron chi connectivity index (χ3n) is 8.68. The number of benzene rings is 1. The normalized spacial score (nSPS) is 19.0. The van der Waals surface area contributed by atoms with E-state index in [9.17, 15) is 14.7 Å². The van der Waals surface area contributed by atoms with Gasteiger partial charge in [0.15, 0.2) is 11.6 Å². The topological polar surface area (TPSA) is 124 Å². The van der Waals surface area contributed by atoms with Gasteiger partial charge in [-0.05, 0) is 69.2 Å². The zero-order valence-electron chi connectivity index (χ0n) is 24.7. The molecule has 2 aliphatic heterocycles. The van der Waals surface area contributed by atoms with Crippen LogP contribution in [0, 0.1) is 12.8 Å². The van der Waals surface area contributed by atoms with Gasteiger partial charge in [-0.25, -0.2) is 4.98 Å². The molecule has 3 N–H and O–H groups in total. The molecule has 10 nitrogen and oxygen atoms in total.